The van der Waals surface area contributed by atoms with E-state index in [0.717, 1.165) is 0 Å². The third-order valence-corrected chi connectivity index (χ3v) is 6.75. The summed E-state index contributed by atoms with van der Waals surface area (Å²) < 4.78 is 1.39. The molecule has 0 radical (unpaired) electrons. The maximum atomic E-state index is 13.1. The minimum absolute atomic E-state index is 0.0161. The number of aliphatic hydroxyl groups excluding tert-OH is 1. The van der Waals surface area contributed by atoms with Gasteiger partial charge in [-0.1, -0.05) is 5.21 Å². The highest BCUT2D eigenvalue weighted by molar-refractivity contribution is 6.05. The average Bonchev–Trinajstić information content (AvgIpc) is 3.55. The molecular weight excluding hydrogens is 470 g/mol. The Labute approximate surface area is 205 Å². The summed E-state index contributed by atoms with van der Waals surface area (Å²) >= 11 is 0. The number of rotatable bonds is 4. The minimum atomic E-state index is -0.806. The van der Waals surface area contributed by atoms with Crippen molar-refractivity contribution in [3.05, 3.63) is 41.2 Å². The van der Waals surface area contributed by atoms with Crippen molar-refractivity contribution in [3.8, 4) is 5.69 Å². The predicted molar refractivity (Wildman–Crippen MR) is 122 cm³/mol. The standard InChI is InChI=1S/C23H25N7O6/c1-27(2)23(36)18-8-14(31)10-29(18)22(35)16-11-30(26-25-16)13-3-4-15-12(7-13)9-28(21(15)34)17-5-6-19(32)24-20(17)33/h3-4,7,11,14,17-18,31H,5-6,8-10H2,1-2H3,(H,24,32,33)/t14-,17?,18-/m0/s1. The zero-order chi connectivity index (χ0) is 25.7. The van der Waals surface area contributed by atoms with Crippen molar-refractivity contribution in [2.45, 2.75) is 44.0 Å². The van der Waals surface area contributed by atoms with E-state index in [0.29, 0.717) is 16.8 Å². The largest absolute Gasteiger partial charge is 0.391 e. The van der Waals surface area contributed by atoms with Gasteiger partial charge in [-0.25, -0.2) is 4.68 Å². The number of piperidine rings is 1. The molecule has 0 bridgehead atoms. The molecule has 2 fully saturated rings. The fourth-order valence-corrected chi connectivity index (χ4v) is 4.91. The summed E-state index contributed by atoms with van der Waals surface area (Å²) in [5, 5.41) is 20.3. The predicted octanol–water partition coefficient (Wildman–Crippen LogP) is -1.31. The van der Waals surface area contributed by atoms with Crippen LogP contribution in [0.15, 0.2) is 24.4 Å². The van der Waals surface area contributed by atoms with Crippen molar-refractivity contribution in [3.63, 3.8) is 0 Å². The molecule has 3 atom stereocenters. The van der Waals surface area contributed by atoms with E-state index in [-0.39, 0.29) is 55.8 Å². The Kier molecular flexibility index (Phi) is 5.79. The highest BCUT2D eigenvalue weighted by Gasteiger charge is 2.41. The molecule has 1 aromatic heterocycles. The highest BCUT2D eigenvalue weighted by Crippen LogP contribution is 2.29. The molecule has 188 valence electrons. The van der Waals surface area contributed by atoms with Crippen molar-refractivity contribution >= 4 is 29.5 Å². The van der Waals surface area contributed by atoms with Gasteiger partial charge < -0.3 is 19.8 Å². The normalized spacial score (nSPS) is 23.6. The Morgan fingerprint density at radius 3 is 2.69 bits per heavy atom. The van der Waals surface area contributed by atoms with Crippen LogP contribution >= 0.6 is 0 Å². The zero-order valence-electron chi connectivity index (χ0n) is 19.7. The molecule has 36 heavy (non-hydrogen) atoms. The van der Waals surface area contributed by atoms with Crippen LogP contribution in [0.1, 0.15) is 45.7 Å². The maximum Gasteiger partial charge on any atom is 0.276 e. The Morgan fingerprint density at radius 1 is 1.19 bits per heavy atom. The first-order valence-corrected chi connectivity index (χ1v) is 11.5. The summed E-state index contributed by atoms with van der Waals surface area (Å²) in [6.45, 7) is 0.224. The number of carbonyl (C=O) groups is 5. The molecule has 3 aliphatic rings. The number of aromatic nitrogens is 3. The molecule has 1 aromatic carbocycles. The minimum Gasteiger partial charge on any atom is -0.391 e. The van der Waals surface area contributed by atoms with Crippen molar-refractivity contribution in [2.75, 3.05) is 20.6 Å². The number of likely N-dealkylation sites (N-methyl/N-ethyl adjacent to an activating group) is 1. The maximum absolute atomic E-state index is 13.1. The number of amides is 5. The lowest BCUT2D eigenvalue weighted by Crippen LogP contribution is -2.52. The van der Waals surface area contributed by atoms with Gasteiger partial charge in [0.2, 0.25) is 17.7 Å². The third kappa shape index (κ3) is 4.00. The second-order valence-electron chi connectivity index (χ2n) is 9.39. The molecule has 3 aliphatic heterocycles. The van der Waals surface area contributed by atoms with Crippen LogP contribution in [0.25, 0.3) is 5.69 Å². The summed E-state index contributed by atoms with van der Waals surface area (Å²) in [5.41, 5.74) is 1.71. The zero-order valence-corrected chi connectivity index (χ0v) is 19.7. The van der Waals surface area contributed by atoms with Gasteiger partial charge >= 0.3 is 0 Å². The number of β-amino-alcohol motifs (C(OH)–C–C–N with tert-alkyl or cyclic N) is 1. The molecule has 4 heterocycles. The van der Waals surface area contributed by atoms with Crippen LogP contribution in [0.3, 0.4) is 0 Å². The van der Waals surface area contributed by atoms with E-state index in [1.54, 1.807) is 32.3 Å². The van der Waals surface area contributed by atoms with E-state index in [1.807, 2.05) is 0 Å². The highest BCUT2D eigenvalue weighted by atomic mass is 16.3. The molecule has 13 heteroatoms. The van der Waals surface area contributed by atoms with Gasteiger partial charge in [-0.15, -0.1) is 5.10 Å². The third-order valence-electron chi connectivity index (χ3n) is 6.75. The lowest BCUT2D eigenvalue weighted by atomic mass is 10.0. The van der Waals surface area contributed by atoms with E-state index in [9.17, 15) is 29.1 Å². The number of nitrogens with one attached hydrogen (secondary N) is 1. The van der Waals surface area contributed by atoms with Gasteiger partial charge in [0.25, 0.3) is 11.8 Å². The van der Waals surface area contributed by atoms with E-state index in [2.05, 4.69) is 15.6 Å². The Hall–Kier alpha value is -4.13. The van der Waals surface area contributed by atoms with Crippen LogP contribution in [-0.4, -0.2) is 103 Å². The molecule has 13 nitrogen and oxygen atoms in total. The molecule has 5 amide bonds. The second kappa shape index (κ2) is 8.82. The fraction of sp³-hybridized carbons (Fsp3) is 0.435. The Morgan fingerprint density at radius 2 is 1.97 bits per heavy atom. The van der Waals surface area contributed by atoms with Crippen LogP contribution in [0.5, 0.6) is 0 Å². The summed E-state index contributed by atoms with van der Waals surface area (Å²) in [7, 11) is 3.18. The quantitative estimate of drug-likeness (QED) is 0.495. The number of hydrogen-bond acceptors (Lipinski definition) is 8. The molecule has 2 N–H and O–H groups in total. The molecule has 1 unspecified atom stereocenters. The average molecular weight is 495 g/mol. The number of aliphatic hydroxyl groups is 1. The van der Waals surface area contributed by atoms with Crippen LogP contribution in [0.2, 0.25) is 0 Å². The lowest BCUT2D eigenvalue weighted by molar-refractivity contribution is -0.137. The first kappa shape index (κ1) is 23.6. The SMILES string of the molecule is CN(C)C(=O)[C@@H]1C[C@H](O)CN1C(=O)c1cn(-c2ccc3c(c2)CN(C2CCC(=O)NC2=O)C3=O)nn1. The van der Waals surface area contributed by atoms with E-state index in [1.165, 1.54) is 25.6 Å². The number of imide groups is 1. The number of benzene rings is 1. The van der Waals surface area contributed by atoms with E-state index in [4.69, 9.17) is 0 Å². The second-order valence-corrected chi connectivity index (χ2v) is 9.39. The van der Waals surface area contributed by atoms with Crippen LogP contribution in [0, 0.1) is 0 Å². The van der Waals surface area contributed by atoms with Crippen molar-refractivity contribution in [1.82, 2.24) is 35.0 Å². The number of likely N-dealkylation sites (tertiary alicyclic amines) is 1. The van der Waals surface area contributed by atoms with Gasteiger partial charge in [0.15, 0.2) is 5.69 Å². The van der Waals surface area contributed by atoms with Crippen LogP contribution in [-0.2, 0) is 20.9 Å². The van der Waals surface area contributed by atoms with Gasteiger partial charge in [0, 0.05) is 45.6 Å². The van der Waals surface area contributed by atoms with Gasteiger partial charge in [-0.3, -0.25) is 29.3 Å². The monoisotopic (exact) mass is 495 g/mol. The number of fused-ring (bicyclic) bond motifs is 1. The molecule has 0 saturated carbocycles. The van der Waals surface area contributed by atoms with Crippen molar-refractivity contribution in [2.24, 2.45) is 0 Å². The topological polar surface area (TPSA) is 158 Å². The van der Waals surface area contributed by atoms with Crippen molar-refractivity contribution in [1.29, 1.82) is 0 Å². The smallest absolute Gasteiger partial charge is 0.276 e. The number of carbonyl (C=O) groups excluding carboxylic acids is 5. The Balaban J connectivity index is 1.35. The number of nitrogens with zero attached hydrogens (tertiary/aromatic N) is 6. The number of hydrogen-bond donors (Lipinski definition) is 2. The molecule has 0 spiro atoms. The Bertz CT molecular complexity index is 1290. The summed E-state index contributed by atoms with van der Waals surface area (Å²) in [5.74, 6) is -1.91. The first-order valence-electron chi connectivity index (χ1n) is 11.5. The van der Waals surface area contributed by atoms with Gasteiger partial charge in [0.05, 0.1) is 18.0 Å². The van der Waals surface area contributed by atoms with Gasteiger partial charge in [-0.2, -0.15) is 0 Å². The van der Waals surface area contributed by atoms with Gasteiger partial charge in [-0.05, 0) is 30.2 Å². The molecule has 2 aromatic rings. The van der Waals surface area contributed by atoms with E-state index >= 15 is 0 Å². The fourth-order valence-electron chi connectivity index (χ4n) is 4.91. The first-order chi connectivity index (χ1) is 17.1. The molecule has 2 saturated heterocycles. The summed E-state index contributed by atoms with van der Waals surface area (Å²) in [6.07, 6.45) is 1.22. The molecule has 5 rings (SSSR count). The molecule has 0 aliphatic carbocycles. The van der Waals surface area contributed by atoms with E-state index < -0.39 is 30.0 Å². The summed E-state index contributed by atoms with van der Waals surface area (Å²) in [4.78, 5) is 66.3. The van der Waals surface area contributed by atoms with Crippen LogP contribution in [0.4, 0.5) is 0 Å². The molecular formula is C23H25N7O6. The van der Waals surface area contributed by atoms with Gasteiger partial charge in [0.1, 0.15) is 12.1 Å². The summed E-state index contributed by atoms with van der Waals surface area (Å²) in [6, 6.07) is 3.53. The lowest BCUT2D eigenvalue weighted by Gasteiger charge is -2.29. The van der Waals surface area contributed by atoms with Crippen molar-refractivity contribution < 1.29 is 29.1 Å². The van der Waals surface area contributed by atoms with Crippen LogP contribution < -0.4 is 5.32 Å².